The summed E-state index contributed by atoms with van der Waals surface area (Å²) in [6, 6.07) is 1.84. The van der Waals surface area contributed by atoms with Crippen molar-refractivity contribution in [3.05, 3.63) is 29.3 Å². The topological polar surface area (TPSA) is 116 Å². The average Bonchev–Trinajstić information content (AvgIpc) is 3.27. The summed E-state index contributed by atoms with van der Waals surface area (Å²) >= 11 is 0. The zero-order chi connectivity index (χ0) is 15.1. The summed E-state index contributed by atoms with van der Waals surface area (Å²) in [6.45, 7) is 3.19. The minimum atomic E-state index is -0.0269. The van der Waals surface area contributed by atoms with Crippen LogP contribution >= 0.6 is 0 Å². The molecule has 0 aromatic carbocycles. The fourth-order valence-corrected chi connectivity index (χ4v) is 2.82. The van der Waals surface area contributed by atoms with Crippen molar-refractivity contribution in [2.45, 2.75) is 19.3 Å². The monoisotopic (exact) mass is 298 g/mol. The molecule has 112 valence electrons. The maximum atomic E-state index is 12.6. The number of aromatic amines is 2. The Morgan fingerprint density at radius 3 is 3.14 bits per heavy atom. The van der Waals surface area contributed by atoms with E-state index in [1.54, 1.807) is 11.1 Å². The van der Waals surface area contributed by atoms with Crippen LogP contribution in [-0.2, 0) is 0 Å². The number of hydrogen-bond acceptors (Lipinski definition) is 6. The molecular formula is C13H14N8O. The molecule has 3 aromatic heterocycles. The SMILES string of the molecule is Cc1[nH]nc2ncc(C(=O)N3CCC(c4nn[nH]n4)C3)cc12. The van der Waals surface area contributed by atoms with Gasteiger partial charge in [-0.15, -0.1) is 10.2 Å². The highest BCUT2D eigenvalue weighted by molar-refractivity contribution is 5.97. The van der Waals surface area contributed by atoms with Gasteiger partial charge in [-0.25, -0.2) is 4.98 Å². The van der Waals surface area contributed by atoms with Crippen molar-refractivity contribution in [1.29, 1.82) is 0 Å². The van der Waals surface area contributed by atoms with E-state index in [4.69, 9.17) is 0 Å². The van der Waals surface area contributed by atoms with Gasteiger partial charge >= 0.3 is 0 Å². The predicted molar refractivity (Wildman–Crippen MR) is 76.1 cm³/mol. The van der Waals surface area contributed by atoms with Crippen LogP contribution in [-0.4, -0.2) is 59.7 Å². The Morgan fingerprint density at radius 2 is 2.32 bits per heavy atom. The fourth-order valence-electron chi connectivity index (χ4n) is 2.82. The van der Waals surface area contributed by atoms with Crippen molar-refractivity contribution in [3.63, 3.8) is 0 Å². The molecule has 0 saturated carbocycles. The molecule has 0 radical (unpaired) electrons. The third-order valence-electron chi connectivity index (χ3n) is 4.05. The zero-order valence-corrected chi connectivity index (χ0v) is 11.9. The molecule has 4 rings (SSSR count). The van der Waals surface area contributed by atoms with E-state index in [-0.39, 0.29) is 11.8 Å². The first-order valence-corrected chi connectivity index (χ1v) is 7.05. The molecule has 9 heteroatoms. The van der Waals surface area contributed by atoms with E-state index in [1.807, 2.05) is 13.0 Å². The first kappa shape index (κ1) is 12.9. The Bertz CT molecular complexity index is 824. The lowest BCUT2D eigenvalue weighted by atomic mass is 10.1. The number of rotatable bonds is 2. The van der Waals surface area contributed by atoms with Gasteiger partial charge in [0.05, 0.1) is 5.56 Å². The van der Waals surface area contributed by atoms with Gasteiger partial charge in [0, 0.05) is 36.3 Å². The zero-order valence-electron chi connectivity index (χ0n) is 11.9. The second-order valence-electron chi connectivity index (χ2n) is 5.45. The number of tetrazole rings is 1. The van der Waals surface area contributed by atoms with E-state index in [1.165, 1.54) is 0 Å². The summed E-state index contributed by atoms with van der Waals surface area (Å²) in [5.74, 6) is 0.769. The van der Waals surface area contributed by atoms with Gasteiger partial charge in [0.1, 0.15) is 0 Å². The van der Waals surface area contributed by atoms with Crippen molar-refractivity contribution in [2.24, 2.45) is 0 Å². The van der Waals surface area contributed by atoms with Gasteiger partial charge in [0.15, 0.2) is 11.5 Å². The molecule has 1 amide bonds. The minimum absolute atomic E-state index is 0.0269. The number of aromatic nitrogens is 7. The smallest absolute Gasteiger partial charge is 0.255 e. The minimum Gasteiger partial charge on any atom is -0.338 e. The molecule has 1 aliphatic rings. The van der Waals surface area contributed by atoms with E-state index >= 15 is 0 Å². The number of nitrogens with zero attached hydrogens (tertiary/aromatic N) is 6. The van der Waals surface area contributed by atoms with Gasteiger partial charge in [0.2, 0.25) is 0 Å². The highest BCUT2D eigenvalue weighted by atomic mass is 16.2. The third kappa shape index (κ3) is 2.01. The fraction of sp³-hybridized carbons (Fsp3) is 0.385. The van der Waals surface area contributed by atoms with Crippen LogP contribution in [0.4, 0.5) is 0 Å². The summed E-state index contributed by atoms with van der Waals surface area (Å²) in [5, 5.41) is 21.8. The van der Waals surface area contributed by atoms with Crippen molar-refractivity contribution in [1.82, 2.24) is 40.7 Å². The average molecular weight is 298 g/mol. The van der Waals surface area contributed by atoms with Gasteiger partial charge in [-0.05, 0) is 19.4 Å². The number of hydrogen-bond donors (Lipinski definition) is 2. The normalized spacial score (nSPS) is 18.2. The molecule has 1 aliphatic heterocycles. The van der Waals surface area contributed by atoms with Crippen LogP contribution in [0.3, 0.4) is 0 Å². The van der Waals surface area contributed by atoms with E-state index < -0.39 is 0 Å². The molecule has 0 spiro atoms. The lowest BCUT2D eigenvalue weighted by Gasteiger charge is -2.15. The Labute approximate surface area is 125 Å². The molecule has 1 saturated heterocycles. The molecule has 0 bridgehead atoms. The number of aryl methyl sites for hydroxylation is 1. The first-order chi connectivity index (χ1) is 10.7. The molecule has 22 heavy (non-hydrogen) atoms. The quantitative estimate of drug-likeness (QED) is 0.707. The van der Waals surface area contributed by atoms with Crippen LogP contribution < -0.4 is 0 Å². The first-order valence-electron chi connectivity index (χ1n) is 7.05. The lowest BCUT2D eigenvalue weighted by molar-refractivity contribution is 0.0790. The molecular weight excluding hydrogens is 284 g/mol. The molecule has 0 aliphatic carbocycles. The second kappa shape index (κ2) is 4.86. The molecule has 1 fully saturated rings. The largest absolute Gasteiger partial charge is 0.338 e. The molecule has 9 nitrogen and oxygen atoms in total. The summed E-state index contributed by atoms with van der Waals surface area (Å²) in [7, 11) is 0. The van der Waals surface area contributed by atoms with Crippen LogP contribution in [0.15, 0.2) is 12.3 Å². The Morgan fingerprint density at radius 1 is 1.41 bits per heavy atom. The van der Waals surface area contributed by atoms with Gasteiger partial charge in [-0.2, -0.15) is 10.3 Å². The lowest BCUT2D eigenvalue weighted by Crippen LogP contribution is -2.28. The van der Waals surface area contributed by atoms with Crippen LogP contribution in [0.2, 0.25) is 0 Å². The summed E-state index contributed by atoms with van der Waals surface area (Å²) < 4.78 is 0. The number of nitrogens with one attached hydrogen (secondary N) is 2. The van der Waals surface area contributed by atoms with E-state index in [2.05, 4.69) is 35.8 Å². The van der Waals surface area contributed by atoms with E-state index in [0.717, 1.165) is 17.5 Å². The van der Waals surface area contributed by atoms with Crippen LogP contribution in [0.1, 0.15) is 34.2 Å². The van der Waals surface area contributed by atoms with Crippen molar-refractivity contribution >= 4 is 16.9 Å². The molecule has 4 heterocycles. The Kier molecular flexibility index (Phi) is 2.84. The second-order valence-corrected chi connectivity index (χ2v) is 5.45. The standard InChI is InChI=1S/C13H14N8O/c1-7-10-4-9(5-14-12(10)16-15-7)13(22)21-3-2-8(6-21)11-17-19-20-18-11/h4-5,8H,2-3,6H2,1H3,(H,14,15,16)(H,17,18,19,20). The number of amides is 1. The molecule has 2 N–H and O–H groups in total. The van der Waals surface area contributed by atoms with Gasteiger partial charge < -0.3 is 4.90 Å². The predicted octanol–water partition coefficient (Wildman–Crippen LogP) is 0.409. The Hall–Kier alpha value is -2.84. The van der Waals surface area contributed by atoms with Gasteiger partial charge in [0.25, 0.3) is 5.91 Å². The van der Waals surface area contributed by atoms with Crippen molar-refractivity contribution in [2.75, 3.05) is 13.1 Å². The van der Waals surface area contributed by atoms with Crippen LogP contribution in [0.25, 0.3) is 11.0 Å². The number of carbonyl (C=O) groups excluding carboxylic acids is 1. The summed E-state index contributed by atoms with van der Waals surface area (Å²) in [5.41, 5.74) is 2.11. The molecule has 3 aromatic rings. The number of likely N-dealkylation sites (tertiary alicyclic amines) is 1. The highest BCUT2D eigenvalue weighted by Crippen LogP contribution is 2.25. The Balaban J connectivity index is 1.57. The summed E-state index contributed by atoms with van der Waals surface area (Å²) in [6.07, 6.45) is 2.41. The van der Waals surface area contributed by atoms with Gasteiger partial charge in [-0.3, -0.25) is 9.89 Å². The third-order valence-corrected chi connectivity index (χ3v) is 4.05. The maximum absolute atomic E-state index is 12.6. The number of pyridine rings is 1. The van der Waals surface area contributed by atoms with E-state index in [0.29, 0.717) is 30.1 Å². The molecule has 1 unspecified atom stereocenters. The van der Waals surface area contributed by atoms with Gasteiger partial charge in [-0.1, -0.05) is 5.21 Å². The van der Waals surface area contributed by atoms with Crippen molar-refractivity contribution in [3.8, 4) is 0 Å². The maximum Gasteiger partial charge on any atom is 0.255 e. The van der Waals surface area contributed by atoms with Crippen molar-refractivity contribution < 1.29 is 4.79 Å². The number of carbonyl (C=O) groups is 1. The van der Waals surface area contributed by atoms with Crippen LogP contribution in [0, 0.1) is 6.92 Å². The van der Waals surface area contributed by atoms with E-state index in [9.17, 15) is 4.79 Å². The molecule has 1 atom stereocenters. The van der Waals surface area contributed by atoms with Crippen LogP contribution in [0.5, 0.6) is 0 Å². The number of H-pyrrole nitrogens is 2. The highest BCUT2D eigenvalue weighted by Gasteiger charge is 2.30. The summed E-state index contributed by atoms with van der Waals surface area (Å²) in [4.78, 5) is 18.7. The number of fused-ring (bicyclic) bond motifs is 1.